The number of nitrogens with one attached hydrogen (secondary N) is 2. The number of nitrogen functional groups attached to an aromatic ring is 2. The molecule has 0 amide bonds. The van der Waals surface area contributed by atoms with Crippen LogP contribution >= 0.6 is 0 Å². The molecular weight excluding hydrogens is 216 g/mol. The van der Waals surface area contributed by atoms with Crippen molar-refractivity contribution < 1.29 is 0 Å². The molecule has 1 aromatic rings. The summed E-state index contributed by atoms with van der Waals surface area (Å²) >= 11 is 0. The third-order valence-electron chi connectivity index (χ3n) is 3.48. The maximum absolute atomic E-state index is 5.59. The molecule has 2 unspecified atom stereocenters. The minimum absolute atomic E-state index is 0.224. The van der Waals surface area contributed by atoms with E-state index in [1.54, 1.807) is 6.07 Å². The molecule has 1 aliphatic carbocycles. The Hall–Kier alpha value is -1.56. The van der Waals surface area contributed by atoms with Gasteiger partial charge < -0.3 is 16.5 Å². The van der Waals surface area contributed by atoms with Crippen LogP contribution in [-0.2, 0) is 0 Å². The van der Waals surface area contributed by atoms with Gasteiger partial charge in [-0.2, -0.15) is 9.97 Å². The van der Waals surface area contributed by atoms with Gasteiger partial charge >= 0.3 is 0 Å². The van der Waals surface area contributed by atoms with Crippen LogP contribution in [0.1, 0.15) is 26.2 Å². The standard InChI is InChI=1S/C11H20N6/c1-7-3-2-4-8(7)6-14-9-5-10(17-13)16-11(12)15-9/h5,7-8H,2-4,6,13H2,1H3,(H4,12,14,15,16,17). The summed E-state index contributed by atoms with van der Waals surface area (Å²) in [7, 11) is 0. The molecule has 1 saturated carbocycles. The summed E-state index contributed by atoms with van der Waals surface area (Å²) in [6.45, 7) is 3.24. The van der Waals surface area contributed by atoms with Gasteiger partial charge in [0.1, 0.15) is 11.6 Å². The van der Waals surface area contributed by atoms with Crippen LogP contribution in [0.15, 0.2) is 6.07 Å². The van der Waals surface area contributed by atoms with Crippen molar-refractivity contribution in [3.05, 3.63) is 6.07 Å². The lowest BCUT2D eigenvalue weighted by molar-refractivity contribution is 0.439. The van der Waals surface area contributed by atoms with Crippen LogP contribution in [0, 0.1) is 11.8 Å². The Balaban J connectivity index is 1.96. The molecule has 1 aromatic heterocycles. The number of hydrogen-bond donors (Lipinski definition) is 4. The molecule has 6 heteroatoms. The highest BCUT2D eigenvalue weighted by Crippen LogP contribution is 2.31. The second kappa shape index (κ2) is 5.18. The highest BCUT2D eigenvalue weighted by molar-refractivity contribution is 5.50. The fourth-order valence-corrected chi connectivity index (χ4v) is 2.39. The van der Waals surface area contributed by atoms with Crippen molar-refractivity contribution in [1.29, 1.82) is 0 Å². The first-order chi connectivity index (χ1) is 8.19. The summed E-state index contributed by atoms with van der Waals surface area (Å²) in [5, 5.41) is 3.31. The number of aromatic nitrogens is 2. The molecular formula is C11H20N6. The minimum atomic E-state index is 0.224. The topological polar surface area (TPSA) is 102 Å². The van der Waals surface area contributed by atoms with Gasteiger partial charge in [0.05, 0.1) is 0 Å². The maximum atomic E-state index is 5.59. The third-order valence-corrected chi connectivity index (χ3v) is 3.48. The first-order valence-electron chi connectivity index (χ1n) is 6.04. The Labute approximate surface area is 101 Å². The lowest BCUT2D eigenvalue weighted by Gasteiger charge is -2.16. The van der Waals surface area contributed by atoms with Gasteiger partial charge in [-0.25, -0.2) is 5.84 Å². The Morgan fingerprint density at radius 3 is 2.76 bits per heavy atom. The monoisotopic (exact) mass is 236 g/mol. The second-order valence-corrected chi connectivity index (χ2v) is 4.69. The maximum Gasteiger partial charge on any atom is 0.223 e. The van der Waals surface area contributed by atoms with E-state index in [0.29, 0.717) is 5.82 Å². The van der Waals surface area contributed by atoms with E-state index in [9.17, 15) is 0 Å². The van der Waals surface area contributed by atoms with Crippen molar-refractivity contribution in [2.75, 3.05) is 23.0 Å². The van der Waals surface area contributed by atoms with Crippen molar-refractivity contribution in [3.63, 3.8) is 0 Å². The summed E-state index contributed by atoms with van der Waals surface area (Å²) in [5.74, 6) is 8.29. The molecule has 0 spiro atoms. The molecule has 2 rings (SSSR count). The Bertz CT molecular complexity index is 380. The van der Waals surface area contributed by atoms with Crippen LogP contribution in [0.5, 0.6) is 0 Å². The predicted octanol–water partition coefficient (Wildman–Crippen LogP) is 1.19. The first-order valence-corrected chi connectivity index (χ1v) is 6.04. The van der Waals surface area contributed by atoms with Gasteiger partial charge in [0.2, 0.25) is 5.95 Å². The van der Waals surface area contributed by atoms with Crippen LogP contribution in [0.25, 0.3) is 0 Å². The van der Waals surface area contributed by atoms with E-state index < -0.39 is 0 Å². The van der Waals surface area contributed by atoms with E-state index in [1.165, 1.54) is 19.3 Å². The smallest absolute Gasteiger partial charge is 0.223 e. The van der Waals surface area contributed by atoms with Gasteiger partial charge in [0, 0.05) is 12.6 Å². The van der Waals surface area contributed by atoms with Crippen LogP contribution in [0.2, 0.25) is 0 Å². The number of nitrogens with zero attached hydrogens (tertiary/aromatic N) is 2. The van der Waals surface area contributed by atoms with Crippen LogP contribution in [0.3, 0.4) is 0 Å². The summed E-state index contributed by atoms with van der Waals surface area (Å²) < 4.78 is 0. The molecule has 1 heterocycles. The fraction of sp³-hybridized carbons (Fsp3) is 0.636. The van der Waals surface area contributed by atoms with E-state index in [-0.39, 0.29) is 5.95 Å². The Morgan fingerprint density at radius 1 is 1.35 bits per heavy atom. The molecule has 17 heavy (non-hydrogen) atoms. The lowest BCUT2D eigenvalue weighted by atomic mass is 9.98. The summed E-state index contributed by atoms with van der Waals surface area (Å²) in [5.41, 5.74) is 8.06. The van der Waals surface area contributed by atoms with Gasteiger partial charge in [-0.3, -0.25) is 0 Å². The van der Waals surface area contributed by atoms with Gasteiger partial charge in [0.25, 0.3) is 0 Å². The molecule has 0 bridgehead atoms. The van der Waals surface area contributed by atoms with Crippen molar-refractivity contribution in [2.24, 2.45) is 17.7 Å². The second-order valence-electron chi connectivity index (χ2n) is 4.69. The molecule has 94 valence electrons. The average molecular weight is 236 g/mol. The third kappa shape index (κ3) is 2.97. The van der Waals surface area contributed by atoms with Crippen LogP contribution < -0.4 is 22.3 Å². The first kappa shape index (κ1) is 11.9. The predicted molar refractivity (Wildman–Crippen MR) is 69.2 cm³/mol. The van der Waals surface area contributed by atoms with E-state index in [2.05, 4.69) is 27.6 Å². The molecule has 6 N–H and O–H groups in total. The Morgan fingerprint density at radius 2 is 2.12 bits per heavy atom. The number of hydrazine groups is 1. The van der Waals surface area contributed by atoms with Gasteiger partial charge in [-0.15, -0.1) is 0 Å². The van der Waals surface area contributed by atoms with E-state index in [0.717, 1.165) is 24.2 Å². The number of rotatable bonds is 4. The van der Waals surface area contributed by atoms with Crippen molar-refractivity contribution in [3.8, 4) is 0 Å². The molecule has 0 aromatic carbocycles. The van der Waals surface area contributed by atoms with Gasteiger partial charge in [-0.05, 0) is 18.3 Å². The molecule has 0 aliphatic heterocycles. The van der Waals surface area contributed by atoms with E-state index >= 15 is 0 Å². The van der Waals surface area contributed by atoms with E-state index in [1.807, 2.05) is 0 Å². The number of anilines is 3. The summed E-state index contributed by atoms with van der Waals surface area (Å²) in [6.07, 6.45) is 3.94. The zero-order chi connectivity index (χ0) is 12.3. The highest BCUT2D eigenvalue weighted by Gasteiger charge is 2.22. The Kier molecular flexibility index (Phi) is 3.63. The van der Waals surface area contributed by atoms with Gasteiger partial charge in [-0.1, -0.05) is 19.8 Å². The number of nitrogens with two attached hydrogens (primary N) is 2. The molecule has 1 aliphatic rings. The zero-order valence-corrected chi connectivity index (χ0v) is 10.1. The molecule has 6 nitrogen and oxygen atoms in total. The van der Waals surface area contributed by atoms with Gasteiger partial charge in [0.15, 0.2) is 0 Å². The molecule has 2 atom stereocenters. The summed E-state index contributed by atoms with van der Waals surface area (Å²) in [4.78, 5) is 8.07. The quantitative estimate of drug-likeness (QED) is 0.462. The molecule has 0 saturated heterocycles. The number of hydrogen-bond acceptors (Lipinski definition) is 6. The normalized spacial score (nSPS) is 23.6. The lowest BCUT2D eigenvalue weighted by Crippen LogP contribution is -2.18. The van der Waals surface area contributed by atoms with Crippen LogP contribution in [0.4, 0.5) is 17.6 Å². The summed E-state index contributed by atoms with van der Waals surface area (Å²) in [6, 6.07) is 1.76. The zero-order valence-electron chi connectivity index (χ0n) is 10.1. The largest absolute Gasteiger partial charge is 0.370 e. The minimum Gasteiger partial charge on any atom is -0.370 e. The van der Waals surface area contributed by atoms with Crippen molar-refractivity contribution >= 4 is 17.6 Å². The van der Waals surface area contributed by atoms with Crippen molar-refractivity contribution in [1.82, 2.24) is 9.97 Å². The average Bonchev–Trinajstić information content (AvgIpc) is 2.71. The SMILES string of the molecule is CC1CCCC1CNc1cc(NN)nc(N)n1. The van der Waals surface area contributed by atoms with Crippen molar-refractivity contribution in [2.45, 2.75) is 26.2 Å². The highest BCUT2D eigenvalue weighted by atomic mass is 15.3. The van der Waals surface area contributed by atoms with E-state index in [4.69, 9.17) is 11.6 Å². The van der Waals surface area contributed by atoms with Crippen LogP contribution in [-0.4, -0.2) is 16.5 Å². The molecule has 1 fully saturated rings. The fourth-order valence-electron chi connectivity index (χ4n) is 2.39. The molecule has 0 radical (unpaired) electrons.